The van der Waals surface area contributed by atoms with Crippen LogP contribution in [0.15, 0.2) is 63.9 Å². The van der Waals surface area contributed by atoms with E-state index in [1.807, 2.05) is 31.2 Å². The maximum atomic E-state index is 12.8. The highest BCUT2D eigenvalue weighted by molar-refractivity contribution is 8.18. The van der Waals surface area contributed by atoms with Gasteiger partial charge in [0.25, 0.3) is 11.1 Å². The number of thioether (sulfide) groups is 1. The minimum absolute atomic E-state index is 0.204. The number of benzene rings is 2. The topological polar surface area (TPSA) is 87.8 Å². The van der Waals surface area contributed by atoms with Crippen molar-refractivity contribution in [1.29, 1.82) is 0 Å². The normalized spacial score (nSPS) is 15.2. The summed E-state index contributed by atoms with van der Waals surface area (Å²) in [4.78, 5) is 37.8. The predicted octanol–water partition coefficient (Wildman–Crippen LogP) is 5.50. The molecule has 3 aromatic rings. The Bertz CT molecular complexity index is 1240. The van der Waals surface area contributed by atoms with Crippen LogP contribution in [0.1, 0.15) is 32.8 Å². The quantitative estimate of drug-likeness (QED) is 0.535. The first kappa shape index (κ1) is 20.7. The fourth-order valence-corrected chi connectivity index (χ4v) is 4.23. The average molecular weight is 433 g/mol. The molecule has 1 aliphatic rings. The molecule has 0 bridgehead atoms. The first-order chi connectivity index (χ1) is 14.8. The van der Waals surface area contributed by atoms with Crippen molar-refractivity contribution in [2.24, 2.45) is 0 Å². The van der Waals surface area contributed by atoms with Crippen molar-refractivity contribution in [3.8, 4) is 11.3 Å². The average Bonchev–Trinajstić information content (AvgIpc) is 3.28. The number of aromatic carboxylic acids is 1. The molecular formula is C24H19NO5S. The molecule has 2 aromatic carbocycles. The van der Waals surface area contributed by atoms with Gasteiger partial charge >= 0.3 is 5.97 Å². The number of furan rings is 1. The third-order valence-electron chi connectivity index (χ3n) is 4.94. The highest BCUT2D eigenvalue weighted by Gasteiger charge is 2.35. The lowest BCUT2D eigenvalue weighted by Crippen LogP contribution is -2.27. The molecule has 0 spiro atoms. The van der Waals surface area contributed by atoms with Crippen molar-refractivity contribution < 1.29 is 23.9 Å². The first-order valence-electron chi connectivity index (χ1n) is 9.57. The standard InChI is InChI=1S/C24H19NO5S/c1-14-4-3-5-16(10-14)13-25-22(26)21(31-24(25)29)12-18-7-9-20(30-18)19-8-6-17(23(27)28)11-15(19)2/h3-12H,13H2,1-2H3,(H,27,28)/b21-12-. The van der Waals surface area contributed by atoms with Crippen LogP contribution in [0.25, 0.3) is 17.4 Å². The molecule has 0 unspecified atom stereocenters. The number of amides is 2. The summed E-state index contributed by atoms with van der Waals surface area (Å²) in [6.45, 7) is 3.99. The minimum atomic E-state index is -0.990. The van der Waals surface area contributed by atoms with Crippen LogP contribution < -0.4 is 0 Å². The van der Waals surface area contributed by atoms with Crippen LogP contribution in [0.2, 0.25) is 0 Å². The summed E-state index contributed by atoms with van der Waals surface area (Å²) in [5, 5.41) is 8.80. The molecule has 156 valence electrons. The molecule has 1 aromatic heterocycles. The molecule has 0 radical (unpaired) electrons. The van der Waals surface area contributed by atoms with Crippen molar-refractivity contribution >= 4 is 35.0 Å². The fourth-order valence-electron chi connectivity index (χ4n) is 3.41. The Kier molecular flexibility index (Phi) is 5.52. The van der Waals surface area contributed by atoms with Crippen LogP contribution >= 0.6 is 11.8 Å². The van der Waals surface area contributed by atoms with E-state index in [0.717, 1.165) is 34.0 Å². The van der Waals surface area contributed by atoms with Crippen molar-refractivity contribution in [3.63, 3.8) is 0 Å². The Labute approximate surface area is 183 Å². The molecule has 1 N–H and O–H groups in total. The summed E-state index contributed by atoms with van der Waals surface area (Å²) in [5.74, 6) is -0.343. The number of carboxylic acid groups (broad SMARTS) is 1. The molecule has 2 amide bonds. The van der Waals surface area contributed by atoms with Crippen LogP contribution in [-0.4, -0.2) is 27.1 Å². The second-order valence-corrected chi connectivity index (χ2v) is 8.29. The van der Waals surface area contributed by atoms with Gasteiger partial charge in [0.1, 0.15) is 11.5 Å². The highest BCUT2D eigenvalue weighted by Crippen LogP contribution is 2.34. The Morgan fingerprint density at radius 1 is 1.10 bits per heavy atom. The first-order valence-corrected chi connectivity index (χ1v) is 10.4. The third-order valence-corrected chi connectivity index (χ3v) is 5.84. The third kappa shape index (κ3) is 4.32. The summed E-state index contributed by atoms with van der Waals surface area (Å²) in [5.41, 5.74) is 3.69. The summed E-state index contributed by atoms with van der Waals surface area (Å²) in [6, 6.07) is 16.0. The van der Waals surface area contributed by atoms with Crippen molar-refractivity contribution in [1.82, 2.24) is 4.90 Å². The molecule has 4 rings (SSSR count). The number of imide groups is 1. The SMILES string of the molecule is Cc1cccc(CN2C(=O)S/C(=C\c3ccc(-c4ccc(C(=O)O)cc4C)o3)C2=O)c1. The van der Waals surface area contributed by atoms with Crippen LogP contribution in [-0.2, 0) is 11.3 Å². The van der Waals surface area contributed by atoms with E-state index in [1.54, 1.807) is 37.3 Å². The van der Waals surface area contributed by atoms with E-state index in [4.69, 9.17) is 9.52 Å². The van der Waals surface area contributed by atoms with Crippen LogP contribution in [0.5, 0.6) is 0 Å². The number of carboxylic acids is 1. The van der Waals surface area contributed by atoms with Gasteiger partial charge in [-0.15, -0.1) is 0 Å². The van der Waals surface area contributed by atoms with Gasteiger partial charge in [-0.1, -0.05) is 35.9 Å². The summed E-state index contributed by atoms with van der Waals surface area (Å²) in [7, 11) is 0. The number of aryl methyl sites for hydroxylation is 2. The number of rotatable bonds is 5. The van der Waals surface area contributed by atoms with Gasteiger partial charge in [0.05, 0.1) is 17.0 Å². The molecular weight excluding hydrogens is 414 g/mol. The van der Waals surface area contributed by atoms with Gasteiger partial charge in [-0.3, -0.25) is 14.5 Å². The van der Waals surface area contributed by atoms with E-state index in [0.29, 0.717) is 16.4 Å². The van der Waals surface area contributed by atoms with Gasteiger partial charge in [-0.2, -0.15) is 0 Å². The smallest absolute Gasteiger partial charge is 0.335 e. The lowest BCUT2D eigenvalue weighted by molar-refractivity contribution is -0.123. The Hall–Kier alpha value is -3.58. The molecule has 6 nitrogen and oxygen atoms in total. The van der Waals surface area contributed by atoms with Gasteiger partial charge in [0, 0.05) is 11.6 Å². The lowest BCUT2D eigenvalue weighted by Gasteiger charge is -2.12. The molecule has 1 fully saturated rings. The van der Waals surface area contributed by atoms with Crippen molar-refractivity contribution in [2.45, 2.75) is 20.4 Å². The molecule has 0 aliphatic carbocycles. The minimum Gasteiger partial charge on any atom is -0.478 e. The Balaban J connectivity index is 1.55. The maximum Gasteiger partial charge on any atom is 0.335 e. The fraction of sp³-hybridized carbons (Fsp3) is 0.125. The Morgan fingerprint density at radius 2 is 1.90 bits per heavy atom. The van der Waals surface area contributed by atoms with Crippen LogP contribution in [0.3, 0.4) is 0 Å². The van der Waals surface area contributed by atoms with E-state index >= 15 is 0 Å². The van der Waals surface area contributed by atoms with Crippen LogP contribution in [0.4, 0.5) is 4.79 Å². The second-order valence-electron chi connectivity index (χ2n) is 7.29. The van der Waals surface area contributed by atoms with Gasteiger partial charge < -0.3 is 9.52 Å². The number of hydrogen-bond acceptors (Lipinski definition) is 5. The van der Waals surface area contributed by atoms with E-state index < -0.39 is 5.97 Å². The summed E-state index contributed by atoms with van der Waals surface area (Å²) >= 11 is 0.887. The molecule has 1 aliphatic heterocycles. The lowest BCUT2D eigenvalue weighted by atomic mass is 10.0. The zero-order chi connectivity index (χ0) is 22.1. The van der Waals surface area contributed by atoms with E-state index in [1.165, 1.54) is 11.0 Å². The van der Waals surface area contributed by atoms with Gasteiger partial charge in [0.2, 0.25) is 0 Å². The van der Waals surface area contributed by atoms with Gasteiger partial charge in [0.15, 0.2) is 0 Å². The number of hydrogen-bond donors (Lipinski definition) is 1. The zero-order valence-electron chi connectivity index (χ0n) is 16.9. The monoisotopic (exact) mass is 433 g/mol. The van der Waals surface area contributed by atoms with E-state index in [9.17, 15) is 14.4 Å². The summed E-state index contributed by atoms with van der Waals surface area (Å²) in [6.07, 6.45) is 1.56. The molecule has 0 saturated carbocycles. The van der Waals surface area contributed by atoms with Gasteiger partial charge in [-0.05, 0) is 61.0 Å². The van der Waals surface area contributed by atoms with Crippen molar-refractivity contribution in [2.75, 3.05) is 0 Å². The molecule has 0 atom stereocenters. The Morgan fingerprint density at radius 3 is 2.61 bits per heavy atom. The summed E-state index contributed by atoms with van der Waals surface area (Å²) < 4.78 is 5.85. The zero-order valence-corrected chi connectivity index (χ0v) is 17.7. The van der Waals surface area contributed by atoms with Gasteiger partial charge in [-0.25, -0.2) is 4.79 Å². The molecule has 7 heteroatoms. The second kappa shape index (κ2) is 8.28. The number of carbonyl (C=O) groups is 3. The van der Waals surface area contributed by atoms with Crippen molar-refractivity contribution in [3.05, 3.63) is 87.5 Å². The maximum absolute atomic E-state index is 12.8. The molecule has 31 heavy (non-hydrogen) atoms. The van der Waals surface area contributed by atoms with E-state index in [-0.39, 0.29) is 23.3 Å². The molecule has 2 heterocycles. The highest BCUT2D eigenvalue weighted by atomic mass is 32.2. The van der Waals surface area contributed by atoms with Crippen LogP contribution in [0, 0.1) is 13.8 Å². The number of carbonyl (C=O) groups excluding carboxylic acids is 2. The van der Waals surface area contributed by atoms with E-state index in [2.05, 4.69) is 0 Å². The largest absolute Gasteiger partial charge is 0.478 e. The number of nitrogens with zero attached hydrogens (tertiary/aromatic N) is 1. The molecule has 1 saturated heterocycles. The predicted molar refractivity (Wildman–Crippen MR) is 119 cm³/mol.